The second kappa shape index (κ2) is 4.26. The maximum absolute atomic E-state index is 4.21. The molecule has 18 heavy (non-hydrogen) atoms. The lowest BCUT2D eigenvalue weighted by Gasteiger charge is -2.05. The largest absolute Gasteiger partial charge is 0.240 e. The zero-order valence-electron chi connectivity index (χ0n) is 10.6. The van der Waals surface area contributed by atoms with Crippen molar-refractivity contribution < 1.29 is 0 Å². The summed E-state index contributed by atoms with van der Waals surface area (Å²) in [4.78, 5) is 0. The molecule has 1 heterocycles. The molecule has 0 aliphatic heterocycles. The molecular weight excluding hydrogens is 222 g/mol. The van der Waals surface area contributed by atoms with Gasteiger partial charge in [-0.1, -0.05) is 35.5 Å². The molecule has 0 bridgehead atoms. The molecule has 0 amide bonds. The molecule has 2 aromatic carbocycles. The monoisotopic (exact) mass is 237 g/mol. The first-order chi connectivity index (χ1) is 8.74. The van der Waals surface area contributed by atoms with Crippen molar-refractivity contribution in [2.75, 3.05) is 0 Å². The molecule has 0 saturated heterocycles. The zero-order valence-corrected chi connectivity index (χ0v) is 10.6. The zero-order chi connectivity index (χ0) is 12.5. The molecule has 0 aliphatic carbocycles. The van der Waals surface area contributed by atoms with Gasteiger partial charge in [0.1, 0.15) is 5.52 Å². The number of para-hydroxylation sites is 1. The van der Waals surface area contributed by atoms with Crippen LogP contribution in [0.25, 0.3) is 11.0 Å². The number of rotatable bonds is 2. The van der Waals surface area contributed by atoms with E-state index in [1.807, 2.05) is 22.9 Å². The molecule has 3 heteroatoms. The molecule has 0 fully saturated rings. The van der Waals surface area contributed by atoms with E-state index < -0.39 is 0 Å². The van der Waals surface area contributed by atoms with Crippen LogP contribution in [0.4, 0.5) is 0 Å². The van der Waals surface area contributed by atoms with E-state index in [1.165, 1.54) is 16.7 Å². The molecule has 0 atom stereocenters. The molecule has 90 valence electrons. The Bertz CT molecular complexity index is 698. The van der Waals surface area contributed by atoms with Crippen molar-refractivity contribution in [3.63, 3.8) is 0 Å². The summed E-state index contributed by atoms with van der Waals surface area (Å²) < 4.78 is 1.94. The fourth-order valence-corrected chi connectivity index (χ4v) is 2.11. The van der Waals surface area contributed by atoms with Crippen LogP contribution in [0.5, 0.6) is 0 Å². The number of aromatic nitrogens is 3. The van der Waals surface area contributed by atoms with Gasteiger partial charge in [-0.15, -0.1) is 5.10 Å². The number of hydrogen-bond donors (Lipinski definition) is 0. The minimum atomic E-state index is 0.766. The van der Waals surface area contributed by atoms with Gasteiger partial charge in [-0.2, -0.15) is 0 Å². The van der Waals surface area contributed by atoms with Crippen LogP contribution in [0, 0.1) is 13.8 Å². The van der Waals surface area contributed by atoms with Gasteiger partial charge in [-0.05, 0) is 42.7 Å². The Labute approximate surface area is 106 Å². The Kier molecular flexibility index (Phi) is 2.59. The van der Waals surface area contributed by atoms with Crippen molar-refractivity contribution in [1.82, 2.24) is 15.0 Å². The number of fused-ring (bicyclic) bond motifs is 1. The Morgan fingerprint density at radius 3 is 2.67 bits per heavy atom. The van der Waals surface area contributed by atoms with Crippen molar-refractivity contribution in [3.05, 3.63) is 59.2 Å². The normalized spacial score (nSPS) is 11.0. The SMILES string of the molecule is Cc1ccc(Cn2nnc3ccccc32)cc1C. The van der Waals surface area contributed by atoms with E-state index in [4.69, 9.17) is 0 Å². The number of nitrogens with zero attached hydrogens (tertiary/aromatic N) is 3. The molecule has 0 aliphatic rings. The molecule has 0 radical (unpaired) electrons. The third-order valence-corrected chi connectivity index (χ3v) is 3.32. The summed E-state index contributed by atoms with van der Waals surface area (Å²) >= 11 is 0. The van der Waals surface area contributed by atoms with Crippen LogP contribution in [-0.4, -0.2) is 15.0 Å². The highest BCUT2D eigenvalue weighted by Crippen LogP contribution is 2.14. The Hall–Kier alpha value is -2.16. The van der Waals surface area contributed by atoms with Crippen LogP contribution in [-0.2, 0) is 6.54 Å². The van der Waals surface area contributed by atoms with Gasteiger partial charge >= 0.3 is 0 Å². The third kappa shape index (κ3) is 1.88. The van der Waals surface area contributed by atoms with Gasteiger partial charge in [0.15, 0.2) is 0 Å². The third-order valence-electron chi connectivity index (χ3n) is 3.32. The Balaban J connectivity index is 1.98. The smallest absolute Gasteiger partial charge is 0.113 e. The Morgan fingerprint density at radius 2 is 1.83 bits per heavy atom. The lowest BCUT2D eigenvalue weighted by Crippen LogP contribution is -2.02. The quantitative estimate of drug-likeness (QED) is 0.685. The number of hydrogen-bond acceptors (Lipinski definition) is 2. The highest BCUT2D eigenvalue weighted by Gasteiger charge is 2.04. The molecule has 0 saturated carbocycles. The van der Waals surface area contributed by atoms with Crippen LogP contribution >= 0.6 is 0 Å². The summed E-state index contributed by atoms with van der Waals surface area (Å²) in [5.41, 5.74) is 5.92. The molecule has 1 aromatic heterocycles. The van der Waals surface area contributed by atoms with Crippen molar-refractivity contribution in [3.8, 4) is 0 Å². The van der Waals surface area contributed by atoms with Crippen LogP contribution in [0.3, 0.4) is 0 Å². The van der Waals surface area contributed by atoms with Crippen molar-refractivity contribution in [2.24, 2.45) is 0 Å². The summed E-state index contributed by atoms with van der Waals surface area (Å²) in [7, 11) is 0. The Morgan fingerprint density at radius 1 is 1.00 bits per heavy atom. The summed E-state index contributed by atoms with van der Waals surface area (Å²) in [6.07, 6.45) is 0. The van der Waals surface area contributed by atoms with E-state index in [9.17, 15) is 0 Å². The van der Waals surface area contributed by atoms with Gasteiger partial charge in [-0.25, -0.2) is 4.68 Å². The summed E-state index contributed by atoms with van der Waals surface area (Å²) in [5.74, 6) is 0. The van der Waals surface area contributed by atoms with E-state index in [-0.39, 0.29) is 0 Å². The first-order valence-electron chi connectivity index (χ1n) is 6.08. The van der Waals surface area contributed by atoms with Gasteiger partial charge in [0.25, 0.3) is 0 Å². The minimum absolute atomic E-state index is 0.766. The highest BCUT2D eigenvalue weighted by molar-refractivity contribution is 5.73. The van der Waals surface area contributed by atoms with Gasteiger partial charge in [-0.3, -0.25) is 0 Å². The van der Waals surface area contributed by atoms with Crippen molar-refractivity contribution in [1.29, 1.82) is 0 Å². The molecular formula is C15H15N3. The van der Waals surface area contributed by atoms with E-state index in [0.717, 1.165) is 17.6 Å². The standard InChI is InChI=1S/C15H15N3/c1-11-7-8-13(9-12(11)2)10-18-15-6-4-3-5-14(15)16-17-18/h3-9H,10H2,1-2H3. The average molecular weight is 237 g/mol. The van der Waals surface area contributed by atoms with Crippen LogP contribution in [0.1, 0.15) is 16.7 Å². The van der Waals surface area contributed by atoms with E-state index in [2.05, 4.69) is 48.4 Å². The fourth-order valence-electron chi connectivity index (χ4n) is 2.11. The van der Waals surface area contributed by atoms with E-state index >= 15 is 0 Å². The average Bonchev–Trinajstić information content (AvgIpc) is 2.78. The van der Waals surface area contributed by atoms with Crippen LogP contribution < -0.4 is 0 Å². The first-order valence-corrected chi connectivity index (χ1v) is 6.08. The fraction of sp³-hybridized carbons (Fsp3) is 0.200. The van der Waals surface area contributed by atoms with Crippen molar-refractivity contribution >= 4 is 11.0 Å². The van der Waals surface area contributed by atoms with Gasteiger partial charge in [0, 0.05) is 0 Å². The first kappa shape index (κ1) is 11.0. The summed E-state index contributed by atoms with van der Waals surface area (Å²) in [6.45, 7) is 5.03. The van der Waals surface area contributed by atoms with Crippen molar-refractivity contribution in [2.45, 2.75) is 20.4 Å². The second-order valence-electron chi connectivity index (χ2n) is 4.65. The van der Waals surface area contributed by atoms with Crippen LogP contribution in [0.2, 0.25) is 0 Å². The predicted molar refractivity (Wildman–Crippen MR) is 72.5 cm³/mol. The predicted octanol–water partition coefficient (Wildman–Crippen LogP) is 3.10. The molecule has 0 unspecified atom stereocenters. The summed E-state index contributed by atoms with van der Waals surface area (Å²) in [6, 6.07) is 14.6. The van der Waals surface area contributed by atoms with Gasteiger partial charge in [0.05, 0.1) is 12.1 Å². The molecule has 3 nitrogen and oxygen atoms in total. The topological polar surface area (TPSA) is 30.7 Å². The van der Waals surface area contributed by atoms with Gasteiger partial charge in [0.2, 0.25) is 0 Å². The molecule has 3 rings (SSSR count). The lowest BCUT2D eigenvalue weighted by molar-refractivity contribution is 0.669. The maximum atomic E-state index is 4.21. The second-order valence-corrected chi connectivity index (χ2v) is 4.65. The summed E-state index contributed by atoms with van der Waals surface area (Å²) in [5, 5.41) is 8.38. The van der Waals surface area contributed by atoms with Crippen LogP contribution in [0.15, 0.2) is 42.5 Å². The number of aryl methyl sites for hydroxylation is 2. The van der Waals surface area contributed by atoms with E-state index in [1.54, 1.807) is 0 Å². The van der Waals surface area contributed by atoms with E-state index in [0.29, 0.717) is 0 Å². The molecule has 0 spiro atoms. The lowest BCUT2D eigenvalue weighted by atomic mass is 10.1. The maximum Gasteiger partial charge on any atom is 0.113 e. The molecule has 0 N–H and O–H groups in total. The molecule has 3 aromatic rings. The highest BCUT2D eigenvalue weighted by atomic mass is 15.4. The number of benzene rings is 2. The van der Waals surface area contributed by atoms with Gasteiger partial charge < -0.3 is 0 Å². The minimum Gasteiger partial charge on any atom is -0.240 e.